The Morgan fingerprint density at radius 2 is 2.16 bits per heavy atom. The average molecular weight is 452 g/mol. The van der Waals surface area contributed by atoms with E-state index in [4.69, 9.17) is 28.9 Å². The van der Waals surface area contributed by atoms with Gasteiger partial charge in [-0.25, -0.2) is 4.39 Å². The minimum Gasteiger partial charge on any atom is -0.486 e. The third kappa shape index (κ3) is 5.11. The number of carbonyl (C=O) groups is 3. The van der Waals surface area contributed by atoms with Crippen LogP contribution in [0.3, 0.4) is 0 Å². The summed E-state index contributed by atoms with van der Waals surface area (Å²) in [6.07, 6.45) is -3.15. The topological polar surface area (TPSA) is 98.5 Å². The van der Waals surface area contributed by atoms with Gasteiger partial charge in [0.2, 0.25) is 5.91 Å². The van der Waals surface area contributed by atoms with Gasteiger partial charge in [-0.2, -0.15) is 0 Å². The van der Waals surface area contributed by atoms with Gasteiger partial charge in [-0.1, -0.05) is 36.7 Å². The van der Waals surface area contributed by atoms with Crippen LogP contribution >= 0.6 is 11.6 Å². The van der Waals surface area contributed by atoms with Crippen LogP contribution in [0, 0.1) is 5.82 Å². The van der Waals surface area contributed by atoms with Gasteiger partial charge < -0.3 is 15.8 Å². The fraction of sp³-hybridized carbons (Fsp3) is 0.348. The predicted octanol–water partition coefficient (Wildman–Crippen LogP) is 3.52. The highest BCUT2D eigenvalue weighted by molar-refractivity contribution is 6.35. The molecule has 2 aromatic carbocycles. The van der Waals surface area contributed by atoms with Gasteiger partial charge in [0.15, 0.2) is 11.6 Å². The van der Waals surface area contributed by atoms with Crippen LogP contribution < -0.4 is 15.8 Å². The summed E-state index contributed by atoms with van der Waals surface area (Å²) in [7, 11) is 0. The first-order valence-corrected chi connectivity index (χ1v) is 9.85. The Hall–Kier alpha value is -2.77. The third-order valence-corrected chi connectivity index (χ3v) is 5.18. The summed E-state index contributed by atoms with van der Waals surface area (Å²) in [5.41, 5.74) is 4.72. The van der Waals surface area contributed by atoms with Gasteiger partial charge in [-0.15, -0.1) is 0 Å². The van der Waals surface area contributed by atoms with Gasteiger partial charge in [-0.05, 0) is 25.4 Å². The Labute approximate surface area is 191 Å². The van der Waals surface area contributed by atoms with Crippen LogP contribution in [0.5, 0.6) is 5.75 Å². The van der Waals surface area contributed by atoms with Gasteiger partial charge in [0.25, 0.3) is 0 Å². The number of fused-ring (bicyclic) bond motifs is 1. The monoisotopic (exact) mass is 451 g/mol. The average Bonchev–Trinajstić information content (AvgIpc) is 2.76. The van der Waals surface area contributed by atoms with E-state index in [-0.39, 0.29) is 35.8 Å². The smallest absolute Gasteiger partial charge is 0.218 e. The molecule has 3 rings (SSSR count). The van der Waals surface area contributed by atoms with Gasteiger partial charge in [-0.3, -0.25) is 14.4 Å². The lowest BCUT2D eigenvalue weighted by Gasteiger charge is -2.23. The number of nitrogens with one attached hydrogen (secondary N) is 1. The summed E-state index contributed by atoms with van der Waals surface area (Å²) in [5.74, 6) is -2.62. The largest absolute Gasteiger partial charge is 0.486 e. The van der Waals surface area contributed by atoms with Gasteiger partial charge >= 0.3 is 0 Å². The number of hydrogen-bond donors (Lipinski definition) is 2. The summed E-state index contributed by atoms with van der Waals surface area (Å²) in [5, 5.41) is 2.37. The second-order valence-corrected chi connectivity index (χ2v) is 7.70. The molecule has 1 amide bonds. The molecule has 0 saturated carbocycles. The lowest BCUT2D eigenvalue weighted by Crippen LogP contribution is -2.34. The first-order valence-electron chi connectivity index (χ1n) is 12.0. The van der Waals surface area contributed by atoms with Crippen molar-refractivity contribution in [3.05, 3.63) is 63.4 Å². The number of hydrogen-bond acceptors (Lipinski definition) is 5. The van der Waals surface area contributed by atoms with Crippen molar-refractivity contribution in [2.45, 2.75) is 45.1 Å². The van der Waals surface area contributed by atoms with Gasteiger partial charge in [0.1, 0.15) is 18.2 Å². The van der Waals surface area contributed by atoms with E-state index in [0.717, 1.165) is 6.07 Å². The number of ketones is 2. The minimum atomic E-state index is -3.19. The molecule has 0 aliphatic carbocycles. The van der Waals surface area contributed by atoms with Gasteiger partial charge in [0.05, 0.1) is 10.6 Å². The molecular weight excluding hydrogens is 423 g/mol. The van der Waals surface area contributed by atoms with Crippen molar-refractivity contribution in [1.29, 1.82) is 0 Å². The summed E-state index contributed by atoms with van der Waals surface area (Å²) in [6.45, 7) is -1.89. The van der Waals surface area contributed by atoms with E-state index < -0.39 is 53.9 Å². The van der Waals surface area contributed by atoms with Crippen LogP contribution in [-0.4, -0.2) is 30.1 Å². The number of benzene rings is 2. The maximum Gasteiger partial charge on any atom is 0.218 e. The second-order valence-electron chi connectivity index (χ2n) is 7.30. The Bertz CT molecular complexity index is 1220. The van der Waals surface area contributed by atoms with E-state index in [2.05, 4.69) is 5.32 Å². The molecular formula is C23H24ClFN2O4. The highest BCUT2D eigenvalue weighted by Crippen LogP contribution is 2.32. The lowest BCUT2D eigenvalue weighted by molar-refractivity contribution is -0.121. The Balaban J connectivity index is 2.09. The zero-order valence-electron chi connectivity index (χ0n) is 21.6. The van der Waals surface area contributed by atoms with Crippen LogP contribution in [0.2, 0.25) is 5.02 Å². The number of primary amides is 1. The van der Waals surface area contributed by atoms with Crippen LogP contribution in [0.15, 0.2) is 30.3 Å². The van der Waals surface area contributed by atoms with E-state index in [1.165, 1.54) is 31.2 Å². The Morgan fingerprint density at radius 3 is 2.87 bits per heavy atom. The molecule has 3 N–H and O–H groups in total. The molecule has 164 valence electrons. The SMILES string of the molecule is [2H]C([2H])([2H])C([2H])([2H])[C@@H](N[C@@H](C)CC(N)=O)c1ccc(Cl)c(C(=O)c2ccc3c(c2)OCC(=O)C3)c1F. The van der Waals surface area contributed by atoms with Crippen LogP contribution in [0.1, 0.15) is 66.5 Å². The van der Waals surface area contributed by atoms with E-state index in [9.17, 15) is 14.4 Å². The molecule has 1 aliphatic heterocycles. The van der Waals surface area contributed by atoms with Crippen LogP contribution in [-0.2, 0) is 16.0 Å². The van der Waals surface area contributed by atoms with Crippen molar-refractivity contribution < 1.29 is 30.4 Å². The molecule has 31 heavy (non-hydrogen) atoms. The number of carbonyl (C=O) groups excluding carboxylic acids is 3. The zero-order valence-corrected chi connectivity index (χ0v) is 17.4. The normalized spacial score (nSPS) is 18.3. The number of ether oxygens (including phenoxy) is 1. The standard InChI is InChI=1S/C23H24ClFN2O4/c1-3-18(27-12(2)8-20(26)29)16-6-7-17(24)21(22(16)25)23(30)14-5-4-13-9-15(28)11-31-19(13)10-14/h4-7,10,12,18,27H,3,8-9,11H2,1-2H3,(H2,26,29)/t12-,18+/m0/s1/i1D3,3D2. The maximum atomic E-state index is 15.9. The highest BCUT2D eigenvalue weighted by Gasteiger charge is 2.26. The molecule has 1 heterocycles. The van der Waals surface area contributed by atoms with Crippen molar-refractivity contribution >= 4 is 29.1 Å². The Morgan fingerprint density at radius 1 is 1.39 bits per heavy atom. The van der Waals surface area contributed by atoms with E-state index >= 15 is 4.39 Å². The molecule has 0 fully saturated rings. The van der Waals surface area contributed by atoms with E-state index in [1.54, 1.807) is 0 Å². The van der Waals surface area contributed by atoms with Crippen molar-refractivity contribution in [1.82, 2.24) is 5.32 Å². The predicted molar refractivity (Wildman–Crippen MR) is 115 cm³/mol. The number of nitrogens with two attached hydrogens (primary N) is 1. The lowest BCUT2D eigenvalue weighted by atomic mass is 9.94. The van der Waals surface area contributed by atoms with Crippen molar-refractivity contribution in [3.8, 4) is 5.75 Å². The van der Waals surface area contributed by atoms with Crippen molar-refractivity contribution in [2.75, 3.05) is 6.61 Å². The quantitative estimate of drug-likeness (QED) is 0.598. The molecule has 0 radical (unpaired) electrons. The number of rotatable bonds is 8. The van der Waals surface area contributed by atoms with Crippen LogP contribution in [0.4, 0.5) is 4.39 Å². The third-order valence-electron chi connectivity index (χ3n) is 4.87. The van der Waals surface area contributed by atoms with E-state index in [0.29, 0.717) is 11.3 Å². The number of amides is 1. The molecule has 0 saturated heterocycles. The second kappa shape index (κ2) is 9.58. The molecule has 0 unspecified atom stereocenters. The molecule has 2 aromatic rings. The van der Waals surface area contributed by atoms with Crippen molar-refractivity contribution in [2.24, 2.45) is 5.73 Å². The zero-order chi connectivity index (χ0) is 27.0. The minimum absolute atomic E-state index is 0.00601. The number of Topliss-reactive ketones (excluding diaryl/α,β-unsaturated/α-hetero) is 1. The molecule has 0 aromatic heterocycles. The Kier molecular flexibility index (Phi) is 5.21. The van der Waals surface area contributed by atoms with Crippen molar-refractivity contribution in [3.63, 3.8) is 0 Å². The van der Waals surface area contributed by atoms with Gasteiger partial charge in [0, 0.05) is 48.5 Å². The summed E-state index contributed by atoms with van der Waals surface area (Å²) in [6, 6.07) is 3.91. The molecule has 0 bridgehead atoms. The highest BCUT2D eigenvalue weighted by atomic mass is 35.5. The fourth-order valence-electron chi connectivity index (χ4n) is 3.40. The first-order chi connectivity index (χ1) is 16.6. The summed E-state index contributed by atoms with van der Waals surface area (Å²) < 4.78 is 60.7. The first kappa shape index (κ1) is 16.9. The van der Waals surface area contributed by atoms with Crippen LogP contribution in [0.25, 0.3) is 0 Å². The fourth-order valence-corrected chi connectivity index (χ4v) is 3.63. The number of halogens is 2. The van der Waals surface area contributed by atoms with E-state index in [1.807, 2.05) is 0 Å². The molecule has 8 heteroatoms. The summed E-state index contributed by atoms with van der Waals surface area (Å²) >= 11 is 6.17. The summed E-state index contributed by atoms with van der Waals surface area (Å²) in [4.78, 5) is 36.2. The molecule has 1 aliphatic rings. The molecule has 6 nitrogen and oxygen atoms in total. The molecule has 2 atom stereocenters. The maximum absolute atomic E-state index is 15.9. The molecule has 0 spiro atoms.